The van der Waals surface area contributed by atoms with Gasteiger partial charge in [0.1, 0.15) is 6.04 Å². The van der Waals surface area contributed by atoms with Gasteiger partial charge in [-0.25, -0.2) is 0 Å². The van der Waals surface area contributed by atoms with Crippen molar-refractivity contribution in [1.29, 1.82) is 0 Å². The van der Waals surface area contributed by atoms with Crippen LogP contribution in [-0.4, -0.2) is 32.2 Å². The van der Waals surface area contributed by atoms with E-state index >= 15 is 0 Å². The third kappa shape index (κ3) is 2.97. The Morgan fingerprint density at radius 3 is 3.12 bits per heavy atom. The summed E-state index contributed by atoms with van der Waals surface area (Å²) in [5.41, 5.74) is 2.29. The highest BCUT2D eigenvalue weighted by Gasteiger charge is 2.25. The Morgan fingerprint density at radius 2 is 2.35 bits per heavy atom. The molecule has 0 fully saturated rings. The maximum atomic E-state index is 11.9. The monoisotopic (exact) mass is 234 g/mol. The van der Waals surface area contributed by atoms with E-state index in [1.54, 1.807) is 7.11 Å². The molecule has 0 aliphatic carbocycles. The molecule has 1 amide bonds. The van der Waals surface area contributed by atoms with Crippen molar-refractivity contribution >= 4 is 11.6 Å². The van der Waals surface area contributed by atoms with Gasteiger partial charge in [0.2, 0.25) is 5.91 Å². The molecule has 0 saturated carbocycles. The number of hydrogen-bond donors (Lipinski definition) is 2. The summed E-state index contributed by atoms with van der Waals surface area (Å²) in [6, 6.07) is 7.91. The average Bonchev–Trinajstić information content (AvgIpc) is 2.78. The second kappa shape index (κ2) is 5.68. The van der Waals surface area contributed by atoms with Crippen LogP contribution >= 0.6 is 0 Å². The Bertz CT molecular complexity index is 368. The van der Waals surface area contributed by atoms with Gasteiger partial charge in [-0.2, -0.15) is 0 Å². The number of carbonyl (C=O) groups excluding carboxylic acids is 1. The number of para-hydroxylation sites is 1. The van der Waals surface area contributed by atoms with Crippen molar-refractivity contribution in [2.75, 3.05) is 25.6 Å². The Labute approximate surface area is 101 Å². The van der Waals surface area contributed by atoms with Gasteiger partial charge in [-0.05, 0) is 18.1 Å². The predicted molar refractivity (Wildman–Crippen MR) is 67.1 cm³/mol. The number of anilines is 1. The van der Waals surface area contributed by atoms with Crippen LogP contribution in [0.15, 0.2) is 24.3 Å². The van der Waals surface area contributed by atoms with Crippen LogP contribution in [0.2, 0.25) is 0 Å². The van der Waals surface area contributed by atoms with E-state index in [4.69, 9.17) is 4.74 Å². The van der Waals surface area contributed by atoms with E-state index < -0.39 is 0 Å². The first-order valence-electron chi connectivity index (χ1n) is 5.92. The van der Waals surface area contributed by atoms with Crippen molar-refractivity contribution < 1.29 is 9.53 Å². The van der Waals surface area contributed by atoms with Crippen LogP contribution < -0.4 is 10.6 Å². The zero-order valence-electron chi connectivity index (χ0n) is 10.0. The number of rotatable bonds is 5. The molecule has 2 rings (SSSR count). The largest absolute Gasteiger partial charge is 0.385 e. The molecule has 0 aromatic heterocycles. The third-order valence-corrected chi connectivity index (χ3v) is 2.91. The number of methoxy groups -OCH3 is 1. The van der Waals surface area contributed by atoms with E-state index in [1.807, 2.05) is 18.2 Å². The van der Waals surface area contributed by atoms with Crippen LogP contribution in [0.5, 0.6) is 0 Å². The van der Waals surface area contributed by atoms with Crippen molar-refractivity contribution in [3.05, 3.63) is 29.8 Å². The van der Waals surface area contributed by atoms with E-state index in [1.165, 1.54) is 5.56 Å². The first-order chi connectivity index (χ1) is 8.31. The number of carbonyl (C=O) groups is 1. The number of nitrogens with one attached hydrogen (secondary N) is 2. The Kier molecular flexibility index (Phi) is 3.98. The molecule has 0 radical (unpaired) electrons. The van der Waals surface area contributed by atoms with Gasteiger partial charge in [-0.1, -0.05) is 18.2 Å². The molecule has 1 atom stereocenters. The molecule has 1 aromatic rings. The summed E-state index contributed by atoms with van der Waals surface area (Å²) in [4.78, 5) is 11.9. The fraction of sp³-hybridized carbons (Fsp3) is 0.462. The second-order valence-corrected chi connectivity index (χ2v) is 4.20. The fourth-order valence-corrected chi connectivity index (χ4v) is 2.01. The maximum absolute atomic E-state index is 11.9. The van der Waals surface area contributed by atoms with E-state index in [0.717, 1.165) is 18.5 Å². The average molecular weight is 234 g/mol. The van der Waals surface area contributed by atoms with Crippen LogP contribution in [0, 0.1) is 0 Å². The highest BCUT2D eigenvalue weighted by Crippen LogP contribution is 2.24. The zero-order chi connectivity index (χ0) is 12.1. The molecule has 0 bridgehead atoms. The van der Waals surface area contributed by atoms with Gasteiger partial charge < -0.3 is 15.4 Å². The lowest BCUT2D eigenvalue weighted by atomic mass is 10.1. The number of amides is 1. The lowest BCUT2D eigenvalue weighted by molar-refractivity contribution is -0.121. The van der Waals surface area contributed by atoms with Gasteiger partial charge in [0.05, 0.1) is 0 Å². The van der Waals surface area contributed by atoms with Crippen molar-refractivity contribution in [3.63, 3.8) is 0 Å². The van der Waals surface area contributed by atoms with E-state index in [0.29, 0.717) is 13.2 Å². The SMILES string of the molecule is COCCCNC(=O)C1Cc2ccccc2N1. The van der Waals surface area contributed by atoms with Gasteiger partial charge in [-0.3, -0.25) is 4.79 Å². The summed E-state index contributed by atoms with van der Waals surface area (Å²) in [7, 11) is 1.66. The van der Waals surface area contributed by atoms with E-state index in [2.05, 4.69) is 16.7 Å². The molecule has 17 heavy (non-hydrogen) atoms. The summed E-state index contributed by atoms with van der Waals surface area (Å²) < 4.78 is 4.93. The quantitative estimate of drug-likeness (QED) is 0.752. The van der Waals surface area contributed by atoms with Crippen LogP contribution in [-0.2, 0) is 16.0 Å². The fourth-order valence-electron chi connectivity index (χ4n) is 2.01. The Morgan fingerprint density at radius 1 is 1.53 bits per heavy atom. The first kappa shape index (κ1) is 11.9. The summed E-state index contributed by atoms with van der Waals surface area (Å²) in [6.45, 7) is 1.35. The van der Waals surface area contributed by atoms with E-state index in [-0.39, 0.29) is 11.9 Å². The second-order valence-electron chi connectivity index (χ2n) is 4.20. The molecule has 4 nitrogen and oxygen atoms in total. The van der Waals surface area contributed by atoms with Crippen LogP contribution in [0.1, 0.15) is 12.0 Å². The molecule has 1 aliphatic rings. The van der Waals surface area contributed by atoms with Crippen LogP contribution in [0.4, 0.5) is 5.69 Å². The predicted octanol–water partition coefficient (Wildman–Crippen LogP) is 1.18. The molecule has 0 spiro atoms. The van der Waals surface area contributed by atoms with E-state index in [9.17, 15) is 4.79 Å². The number of benzene rings is 1. The molecular formula is C13H18N2O2. The molecule has 4 heteroatoms. The normalized spacial score (nSPS) is 17.4. The van der Waals surface area contributed by atoms with Gasteiger partial charge >= 0.3 is 0 Å². The minimum Gasteiger partial charge on any atom is -0.385 e. The van der Waals surface area contributed by atoms with Crippen molar-refractivity contribution in [3.8, 4) is 0 Å². The topological polar surface area (TPSA) is 50.4 Å². The molecule has 1 heterocycles. The summed E-state index contributed by atoms with van der Waals surface area (Å²) in [5.74, 6) is 0.0669. The van der Waals surface area contributed by atoms with Crippen molar-refractivity contribution in [1.82, 2.24) is 5.32 Å². The first-order valence-corrected chi connectivity index (χ1v) is 5.92. The van der Waals surface area contributed by atoms with Gasteiger partial charge in [-0.15, -0.1) is 0 Å². The molecule has 0 saturated heterocycles. The standard InChI is InChI=1S/C13H18N2O2/c1-17-8-4-7-14-13(16)12-9-10-5-2-3-6-11(10)15-12/h2-3,5-6,12,15H,4,7-9H2,1H3,(H,14,16). The summed E-state index contributed by atoms with van der Waals surface area (Å²) in [5, 5.41) is 6.14. The lowest BCUT2D eigenvalue weighted by Gasteiger charge is -2.11. The van der Waals surface area contributed by atoms with Crippen molar-refractivity contribution in [2.45, 2.75) is 18.9 Å². The molecule has 2 N–H and O–H groups in total. The molecule has 1 unspecified atom stereocenters. The number of hydrogen-bond acceptors (Lipinski definition) is 3. The minimum absolute atomic E-state index is 0.0669. The number of fused-ring (bicyclic) bond motifs is 1. The zero-order valence-corrected chi connectivity index (χ0v) is 10.0. The third-order valence-electron chi connectivity index (χ3n) is 2.91. The lowest BCUT2D eigenvalue weighted by Crippen LogP contribution is -2.39. The Balaban J connectivity index is 1.80. The molecule has 1 aromatic carbocycles. The molecular weight excluding hydrogens is 216 g/mol. The molecule has 92 valence electrons. The Hall–Kier alpha value is -1.55. The summed E-state index contributed by atoms with van der Waals surface area (Å²) >= 11 is 0. The van der Waals surface area contributed by atoms with Crippen LogP contribution in [0.3, 0.4) is 0 Å². The van der Waals surface area contributed by atoms with Crippen molar-refractivity contribution in [2.24, 2.45) is 0 Å². The minimum atomic E-state index is -0.130. The molecule has 1 aliphatic heterocycles. The summed E-state index contributed by atoms with van der Waals surface area (Å²) in [6.07, 6.45) is 1.62. The van der Waals surface area contributed by atoms with Gasteiger partial charge in [0.15, 0.2) is 0 Å². The maximum Gasteiger partial charge on any atom is 0.242 e. The number of ether oxygens (including phenoxy) is 1. The van der Waals surface area contributed by atoms with Crippen LogP contribution in [0.25, 0.3) is 0 Å². The highest BCUT2D eigenvalue weighted by atomic mass is 16.5. The highest BCUT2D eigenvalue weighted by molar-refractivity contribution is 5.87. The smallest absolute Gasteiger partial charge is 0.242 e. The van der Waals surface area contributed by atoms with Gasteiger partial charge in [0.25, 0.3) is 0 Å². The van der Waals surface area contributed by atoms with Gasteiger partial charge in [0, 0.05) is 32.4 Å².